The maximum atomic E-state index is 5.53. The summed E-state index contributed by atoms with van der Waals surface area (Å²) in [7, 11) is 3.22. The zero-order valence-electron chi connectivity index (χ0n) is 19.6. The summed E-state index contributed by atoms with van der Waals surface area (Å²) in [6.07, 6.45) is 9.08. The third kappa shape index (κ3) is 3.84. The summed E-state index contributed by atoms with van der Waals surface area (Å²) in [6, 6.07) is 5.77. The summed E-state index contributed by atoms with van der Waals surface area (Å²) in [5, 5.41) is 9.83. The first-order chi connectivity index (χ1) is 17.1. The summed E-state index contributed by atoms with van der Waals surface area (Å²) >= 11 is 0. The Morgan fingerprint density at radius 2 is 1.89 bits per heavy atom. The molecule has 0 radical (unpaired) electrons. The van der Waals surface area contributed by atoms with E-state index in [0.717, 1.165) is 46.4 Å². The van der Waals surface area contributed by atoms with E-state index in [0.29, 0.717) is 35.9 Å². The van der Waals surface area contributed by atoms with E-state index in [1.165, 1.54) is 6.33 Å². The number of hydrogen-bond donors (Lipinski definition) is 0. The van der Waals surface area contributed by atoms with Gasteiger partial charge in [-0.1, -0.05) is 6.07 Å². The highest BCUT2D eigenvalue weighted by atomic mass is 16.5. The van der Waals surface area contributed by atoms with Crippen LogP contribution in [0.1, 0.15) is 35.7 Å². The van der Waals surface area contributed by atoms with Gasteiger partial charge in [0.1, 0.15) is 11.9 Å². The Kier molecular flexibility index (Phi) is 5.09. The molecule has 11 nitrogen and oxygen atoms in total. The number of methoxy groups -OCH3 is 2. The lowest BCUT2D eigenvalue weighted by atomic mass is 10.1. The molecule has 0 saturated heterocycles. The molecule has 0 N–H and O–H groups in total. The van der Waals surface area contributed by atoms with Crippen molar-refractivity contribution in [2.45, 2.75) is 32.2 Å². The van der Waals surface area contributed by atoms with Crippen LogP contribution in [0.2, 0.25) is 0 Å². The van der Waals surface area contributed by atoms with Gasteiger partial charge in [0.15, 0.2) is 17.3 Å². The van der Waals surface area contributed by atoms with Crippen molar-refractivity contribution in [1.29, 1.82) is 0 Å². The summed E-state index contributed by atoms with van der Waals surface area (Å²) < 4.78 is 14.4. The van der Waals surface area contributed by atoms with E-state index < -0.39 is 0 Å². The molecule has 0 bridgehead atoms. The number of nitrogens with zero attached hydrogens (tertiary/aromatic N) is 9. The van der Waals surface area contributed by atoms with Gasteiger partial charge in [-0.3, -0.25) is 0 Å². The monoisotopic (exact) mass is 469 g/mol. The molecule has 5 aromatic rings. The molecule has 5 aromatic heterocycles. The third-order valence-corrected chi connectivity index (χ3v) is 5.97. The van der Waals surface area contributed by atoms with E-state index in [-0.39, 0.29) is 0 Å². The molecule has 1 aliphatic carbocycles. The van der Waals surface area contributed by atoms with Crippen molar-refractivity contribution in [3.8, 4) is 29.0 Å². The second-order valence-electron chi connectivity index (χ2n) is 8.46. The van der Waals surface area contributed by atoms with Gasteiger partial charge >= 0.3 is 0 Å². The van der Waals surface area contributed by atoms with Crippen LogP contribution in [0.5, 0.6) is 11.8 Å². The highest BCUT2D eigenvalue weighted by Crippen LogP contribution is 2.44. The average Bonchev–Trinajstić information content (AvgIpc) is 3.57. The summed E-state index contributed by atoms with van der Waals surface area (Å²) in [4.78, 5) is 22.8. The second-order valence-corrected chi connectivity index (χ2v) is 8.46. The smallest absolute Gasteiger partial charge is 0.227 e. The predicted molar refractivity (Wildman–Crippen MR) is 127 cm³/mol. The lowest BCUT2D eigenvalue weighted by Crippen LogP contribution is -2.07. The number of ether oxygens (including phenoxy) is 2. The standard InChI is InChI=1S/C24H23N9O2/c1-14-8-19(34-2)33(31-14)18-7-4-15(9-25-18)12-32-23-17(11-29-32)10-26-22(30-23)20-21(16-5-6-16)27-13-28-24(20)35-3/h4,7-11,13,16H,5-6,12H2,1-3H3. The molecule has 35 heavy (non-hydrogen) atoms. The van der Waals surface area contributed by atoms with Crippen LogP contribution in [0.15, 0.2) is 43.1 Å². The van der Waals surface area contributed by atoms with E-state index in [9.17, 15) is 0 Å². The van der Waals surface area contributed by atoms with Gasteiger partial charge in [0, 0.05) is 24.4 Å². The number of hydrogen-bond acceptors (Lipinski definition) is 9. The Labute approximate surface area is 200 Å². The van der Waals surface area contributed by atoms with Crippen molar-refractivity contribution in [2.75, 3.05) is 14.2 Å². The maximum Gasteiger partial charge on any atom is 0.227 e. The van der Waals surface area contributed by atoms with Crippen LogP contribution in [0.25, 0.3) is 28.2 Å². The van der Waals surface area contributed by atoms with Crippen molar-refractivity contribution >= 4 is 11.0 Å². The molecule has 0 unspecified atom stereocenters. The number of rotatable bonds is 7. The van der Waals surface area contributed by atoms with Gasteiger partial charge in [-0.05, 0) is 31.4 Å². The average molecular weight is 470 g/mol. The van der Waals surface area contributed by atoms with Gasteiger partial charge < -0.3 is 9.47 Å². The SMILES string of the molecule is COc1ncnc(C2CC2)c1-c1ncc2cnn(Cc3ccc(-n4nc(C)cc4OC)nc3)c2n1. The van der Waals surface area contributed by atoms with E-state index >= 15 is 0 Å². The largest absolute Gasteiger partial charge is 0.481 e. The molecule has 11 heteroatoms. The van der Waals surface area contributed by atoms with E-state index in [4.69, 9.17) is 14.5 Å². The molecule has 6 rings (SSSR count). The normalized spacial score (nSPS) is 13.3. The Morgan fingerprint density at radius 3 is 2.63 bits per heavy atom. The van der Waals surface area contributed by atoms with Crippen molar-refractivity contribution in [2.24, 2.45) is 0 Å². The predicted octanol–water partition coefficient (Wildman–Crippen LogP) is 3.12. The fraction of sp³-hybridized carbons (Fsp3) is 0.292. The quantitative estimate of drug-likeness (QED) is 0.354. The lowest BCUT2D eigenvalue weighted by molar-refractivity contribution is 0.382. The molecule has 0 spiro atoms. The molecule has 5 heterocycles. The van der Waals surface area contributed by atoms with Crippen molar-refractivity contribution in [3.63, 3.8) is 0 Å². The summed E-state index contributed by atoms with van der Waals surface area (Å²) in [5.74, 6) is 2.73. The summed E-state index contributed by atoms with van der Waals surface area (Å²) in [6.45, 7) is 2.41. The van der Waals surface area contributed by atoms with Crippen molar-refractivity contribution in [1.82, 2.24) is 44.5 Å². The zero-order valence-corrected chi connectivity index (χ0v) is 19.6. The number of fused-ring (bicyclic) bond motifs is 1. The van der Waals surface area contributed by atoms with Crippen LogP contribution in [-0.2, 0) is 6.54 Å². The Morgan fingerprint density at radius 1 is 1.00 bits per heavy atom. The van der Waals surface area contributed by atoms with Crippen LogP contribution in [0, 0.1) is 6.92 Å². The Bertz CT molecular complexity index is 1520. The molecular formula is C24H23N9O2. The molecule has 0 aromatic carbocycles. The molecule has 0 amide bonds. The van der Waals surface area contributed by atoms with Gasteiger partial charge in [-0.15, -0.1) is 0 Å². The second kappa shape index (κ2) is 8.42. The Hall–Kier alpha value is -4.41. The fourth-order valence-corrected chi connectivity index (χ4v) is 4.11. The van der Waals surface area contributed by atoms with E-state index in [2.05, 4.69) is 30.1 Å². The van der Waals surface area contributed by atoms with Gasteiger partial charge in [0.25, 0.3) is 0 Å². The molecule has 176 valence electrons. The first-order valence-corrected chi connectivity index (χ1v) is 11.3. The molecule has 1 saturated carbocycles. The summed E-state index contributed by atoms with van der Waals surface area (Å²) in [5.41, 5.74) is 4.24. The van der Waals surface area contributed by atoms with Gasteiger partial charge in [0.05, 0.1) is 43.7 Å². The molecular weight excluding hydrogens is 446 g/mol. The molecule has 1 aliphatic rings. The molecule has 0 atom stereocenters. The highest BCUT2D eigenvalue weighted by Gasteiger charge is 2.31. The number of aromatic nitrogens is 9. The van der Waals surface area contributed by atoms with E-state index in [1.54, 1.807) is 37.5 Å². The fourth-order valence-electron chi connectivity index (χ4n) is 4.11. The minimum Gasteiger partial charge on any atom is -0.481 e. The topological polar surface area (TPSA) is 119 Å². The van der Waals surface area contributed by atoms with Crippen LogP contribution in [-0.4, -0.2) is 58.7 Å². The minimum absolute atomic E-state index is 0.396. The third-order valence-electron chi connectivity index (χ3n) is 5.97. The first-order valence-electron chi connectivity index (χ1n) is 11.3. The number of aryl methyl sites for hydroxylation is 1. The highest BCUT2D eigenvalue weighted by molar-refractivity contribution is 5.77. The molecule has 0 aliphatic heterocycles. The van der Waals surface area contributed by atoms with E-state index in [1.807, 2.05) is 29.8 Å². The van der Waals surface area contributed by atoms with Crippen LogP contribution >= 0.6 is 0 Å². The maximum absolute atomic E-state index is 5.53. The van der Waals surface area contributed by atoms with Gasteiger partial charge in [0.2, 0.25) is 11.8 Å². The van der Waals surface area contributed by atoms with Gasteiger partial charge in [-0.2, -0.15) is 14.9 Å². The van der Waals surface area contributed by atoms with Crippen molar-refractivity contribution in [3.05, 3.63) is 60.1 Å². The first kappa shape index (κ1) is 21.1. The lowest BCUT2D eigenvalue weighted by Gasteiger charge is -2.11. The van der Waals surface area contributed by atoms with Crippen molar-refractivity contribution < 1.29 is 9.47 Å². The van der Waals surface area contributed by atoms with Gasteiger partial charge in [-0.25, -0.2) is 29.6 Å². The zero-order chi connectivity index (χ0) is 23.9. The number of pyridine rings is 1. The minimum atomic E-state index is 0.396. The molecule has 1 fully saturated rings. The van der Waals surface area contributed by atoms with Crippen LogP contribution in [0.4, 0.5) is 0 Å². The van der Waals surface area contributed by atoms with Crippen LogP contribution in [0.3, 0.4) is 0 Å². The van der Waals surface area contributed by atoms with Crippen LogP contribution < -0.4 is 9.47 Å². The Balaban J connectivity index is 1.33.